The molecule has 6 heteroatoms. The Morgan fingerprint density at radius 1 is 1.32 bits per heavy atom. The summed E-state index contributed by atoms with van der Waals surface area (Å²) in [6, 6.07) is 8.28. The normalized spacial score (nSPS) is 21.3. The van der Waals surface area contributed by atoms with Gasteiger partial charge in [-0.2, -0.15) is 0 Å². The largest absolute Gasteiger partial charge is 0.378 e. The molecule has 0 unspecified atom stereocenters. The highest BCUT2D eigenvalue weighted by molar-refractivity contribution is 5.85. The highest BCUT2D eigenvalue weighted by Crippen LogP contribution is 2.21. The van der Waals surface area contributed by atoms with E-state index in [9.17, 15) is 4.79 Å². The van der Waals surface area contributed by atoms with E-state index in [-0.39, 0.29) is 24.4 Å². The molecule has 2 aliphatic rings. The number of para-hydroxylation sites is 1. The van der Waals surface area contributed by atoms with Crippen molar-refractivity contribution in [2.75, 3.05) is 37.7 Å². The number of halogens is 1. The van der Waals surface area contributed by atoms with Gasteiger partial charge in [0.05, 0.1) is 19.3 Å². The van der Waals surface area contributed by atoms with Gasteiger partial charge < -0.3 is 20.3 Å². The van der Waals surface area contributed by atoms with E-state index < -0.39 is 0 Å². The Morgan fingerprint density at radius 2 is 2.09 bits per heavy atom. The van der Waals surface area contributed by atoms with Crippen molar-refractivity contribution in [1.82, 2.24) is 10.6 Å². The molecule has 2 aliphatic heterocycles. The van der Waals surface area contributed by atoms with E-state index in [1.807, 2.05) is 6.07 Å². The van der Waals surface area contributed by atoms with E-state index >= 15 is 0 Å². The minimum absolute atomic E-state index is 0. The summed E-state index contributed by atoms with van der Waals surface area (Å²) >= 11 is 0. The lowest BCUT2D eigenvalue weighted by molar-refractivity contribution is -0.122. The maximum Gasteiger partial charge on any atom is 0.237 e. The van der Waals surface area contributed by atoms with E-state index in [1.165, 1.54) is 11.3 Å². The molecule has 3 rings (SSSR count). The molecule has 0 saturated carbocycles. The maximum absolute atomic E-state index is 12.1. The van der Waals surface area contributed by atoms with Gasteiger partial charge in [0.25, 0.3) is 0 Å². The predicted molar refractivity (Wildman–Crippen MR) is 89.6 cm³/mol. The maximum atomic E-state index is 12.1. The second kappa shape index (κ2) is 8.36. The third-order valence-corrected chi connectivity index (χ3v) is 4.17. The summed E-state index contributed by atoms with van der Waals surface area (Å²) in [5.74, 6) is 0.115. The molecule has 2 N–H and O–H groups in total. The zero-order chi connectivity index (χ0) is 14.5. The topological polar surface area (TPSA) is 53.6 Å². The van der Waals surface area contributed by atoms with Crippen molar-refractivity contribution in [1.29, 1.82) is 0 Å². The van der Waals surface area contributed by atoms with Crippen LogP contribution in [0.2, 0.25) is 0 Å². The van der Waals surface area contributed by atoms with Crippen molar-refractivity contribution in [2.24, 2.45) is 0 Å². The molecule has 0 aliphatic carbocycles. The van der Waals surface area contributed by atoms with Crippen LogP contribution in [0.15, 0.2) is 24.3 Å². The van der Waals surface area contributed by atoms with Crippen LogP contribution in [0.5, 0.6) is 0 Å². The summed E-state index contributed by atoms with van der Waals surface area (Å²) in [5.41, 5.74) is 2.38. The van der Waals surface area contributed by atoms with Gasteiger partial charge in [-0.1, -0.05) is 18.2 Å². The van der Waals surface area contributed by atoms with Crippen LogP contribution in [0.1, 0.15) is 18.4 Å². The molecule has 1 amide bonds. The Balaban J connectivity index is 0.00000176. The molecular formula is C16H24ClN3O2. The lowest BCUT2D eigenvalue weighted by atomic mass is 10.1. The number of morpholine rings is 1. The number of hydrogen-bond donors (Lipinski definition) is 2. The van der Waals surface area contributed by atoms with Gasteiger partial charge in [-0.25, -0.2) is 0 Å². The number of hydrogen-bond acceptors (Lipinski definition) is 4. The first kappa shape index (κ1) is 17.1. The minimum Gasteiger partial charge on any atom is -0.378 e. The molecule has 5 nitrogen and oxygen atoms in total. The first-order valence-corrected chi connectivity index (χ1v) is 7.76. The average molecular weight is 326 g/mol. The van der Waals surface area contributed by atoms with Gasteiger partial charge in [0.15, 0.2) is 0 Å². The average Bonchev–Trinajstić information content (AvgIpc) is 3.08. The number of benzene rings is 1. The van der Waals surface area contributed by atoms with Crippen LogP contribution in [0, 0.1) is 0 Å². The first-order valence-electron chi connectivity index (χ1n) is 7.76. The molecule has 2 heterocycles. The van der Waals surface area contributed by atoms with Crippen LogP contribution in [0.3, 0.4) is 0 Å². The fraction of sp³-hybridized carbons (Fsp3) is 0.562. The monoisotopic (exact) mass is 325 g/mol. The second-order valence-corrected chi connectivity index (χ2v) is 5.59. The smallest absolute Gasteiger partial charge is 0.237 e. The highest BCUT2D eigenvalue weighted by Gasteiger charge is 2.22. The summed E-state index contributed by atoms with van der Waals surface area (Å²) in [4.78, 5) is 14.4. The lowest BCUT2D eigenvalue weighted by Gasteiger charge is -2.30. The Morgan fingerprint density at radius 3 is 2.82 bits per heavy atom. The minimum atomic E-state index is -0.0134. The standard InChI is InChI=1S/C16H23N3O2.ClH/c20-16(14-5-3-7-17-14)18-12-13-4-1-2-6-15(13)19-8-10-21-11-9-19;/h1-2,4,6,14,17H,3,5,7-12H2,(H,18,20);1H/t14-;/m0./s1. The predicted octanol–water partition coefficient (Wildman–Crippen LogP) is 1.31. The molecule has 1 aromatic rings. The fourth-order valence-electron chi connectivity index (χ4n) is 2.99. The summed E-state index contributed by atoms with van der Waals surface area (Å²) in [6.45, 7) is 4.90. The van der Waals surface area contributed by atoms with Crippen LogP contribution >= 0.6 is 12.4 Å². The van der Waals surface area contributed by atoms with E-state index in [0.717, 1.165) is 45.7 Å². The molecule has 122 valence electrons. The molecule has 0 radical (unpaired) electrons. The van der Waals surface area contributed by atoms with E-state index in [2.05, 4.69) is 33.7 Å². The van der Waals surface area contributed by atoms with Gasteiger partial charge in [0.1, 0.15) is 0 Å². The number of anilines is 1. The molecule has 22 heavy (non-hydrogen) atoms. The zero-order valence-electron chi connectivity index (χ0n) is 12.7. The second-order valence-electron chi connectivity index (χ2n) is 5.59. The number of carbonyl (C=O) groups is 1. The van der Waals surface area contributed by atoms with Crippen molar-refractivity contribution < 1.29 is 9.53 Å². The van der Waals surface area contributed by atoms with Gasteiger partial charge in [-0.15, -0.1) is 12.4 Å². The van der Waals surface area contributed by atoms with E-state index in [1.54, 1.807) is 0 Å². The first-order chi connectivity index (χ1) is 10.3. The number of ether oxygens (including phenoxy) is 1. The molecular weight excluding hydrogens is 302 g/mol. The number of carbonyl (C=O) groups excluding carboxylic acids is 1. The highest BCUT2D eigenvalue weighted by atomic mass is 35.5. The van der Waals surface area contributed by atoms with Gasteiger partial charge in [0, 0.05) is 25.3 Å². The number of nitrogens with zero attached hydrogens (tertiary/aromatic N) is 1. The van der Waals surface area contributed by atoms with Crippen LogP contribution < -0.4 is 15.5 Å². The quantitative estimate of drug-likeness (QED) is 0.876. The summed E-state index contributed by atoms with van der Waals surface area (Å²) < 4.78 is 5.41. The third kappa shape index (κ3) is 4.12. The molecule has 0 bridgehead atoms. The van der Waals surface area contributed by atoms with Gasteiger partial charge in [-0.3, -0.25) is 4.79 Å². The molecule has 1 atom stereocenters. The van der Waals surface area contributed by atoms with E-state index in [0.29, 0.717) is 6.54 Å². The van der Waals surface area contributed by atoms with Crippen molar-refractivity contribution in [3.05, 3.63) is 29.8 Å². The van der Waals surface area contributed by atoms with Crippen molar-refractivity contribution >= 4 is 24.0 Å². The van der Waals surface area contributed by atoms with Gasteiger partial charge >= 0.3 is 0 Å². The van der Waals surface area contributed by atoms with Crippen LogP contribution in [0.4, 0.5) is 5.69 Å². The number of amides is 1. The zero-order valence-corrected chi connectivity index (χ0v) is 13.5. The number of nitrogens with one attached hydrogen (secondary N) is 2. The summed E-state index contributed by atoms with van der Waals surface area (Å²) in [6.07, 6.45) is 2.03. The Kier molecular flexibility index (Phi) is 6.49. The van der Waals surface area contributed by atoms with Gasteiger partial charge in [-0.05, 0) is 31.0 Å². The third-order valence-electron chi connectivity index (χ3n) is 4.17. The van der Waals surface area contributed by atoms with E-state index in [4.69, 9.17) is 4.74 Å². The van der Waals surface area contributed by atoms with Crippen LogP contribution in [0.25, 0.3) is 0 Å². The molecule has 2 fully saturated rings. The van der Waals surface area contributed by atoms with Crippen LogP contribution in [-0.4, -0.2) is 44.8 Å². The van der Waals surface area contributed by atoms with Crippen LogP contribution in [-0.2, 0) is 16.1 Å². The Bertz CT molecular complexity index is 486. The number of rotatable bonds is 4. The molecule has 0 aromatic heterocycles. The Hall–Kier alpha value is -1.30. The SMILES string of the molecule is Cl.O=C(NCc1ccccc1N1CCOCC1)[C@@H]1CCCN1. The summed E-state index contributed by atoms with van der Waals surface area (Å²) in [5, 5.41) is 6.29. The molecule has 0 spiro atoms. The molecule has 1 aromatic carbocycles. The fourth-order valence-corrected chi connectivity index (χ4v) is 2.99. The van der Waals surface area contributed by atoms with Crippen molar-refractivity contribution in [3.8, 4) is 0 Å². The molecule has 2 saturated heterocycles. The van der Waals surface area contributed by atoms with Crippen molar-refractivity contribution in [2.45, 2.75) is 25.4 Å². The van der Waals surface area contributed by atoms with Gasteiger partial charge in [0.2, 0.25) is 5.91 Å². The summed E-state index contributed by atoms with van der Waals surface area (Å²) in [7, 11) is 0. The van der Waals surface area contributed by atoms with Crippen molar-refractivity contribution in [3.63, 3.8) is 0 Å². The Labute approximate surface area is 137 Å². The lowest BCUT2D eigenvalue weighted by Crippen LogP contribution is -2.41.